The first-order chi connectivity index (χ1) is 12.4. The summed E-state index contributed by atoms with van der Waals surface area (Å²) in [6.45, 7) is 1.47. The van der Waals surface area contributed by atoms with Crippen LogP contribution in [0.2, 0.25) is 0 Å². The zero-order valence-electron chi connectivity index (χ0n) is 15.4. The van der Waals surface area contributed by atoms with E-state index in [4.69, 9.17) is 0 Å². The van der Waals surface area contributed by atoms with Crippen LogP contribution in [0.1, 0.15) is 18.4 Å². The lowest BCUT2D eigenvalue weighted by Gasteiger charge is -2.29. The molecule has 26 heavy (non-hydrogen) atoms. The molecule has 1 amide bonds. The van der Waals surface area contributed by atoms with Crippen LogP contribution in [-0.2, 0) is 21.1 Å². The number of fused-ring (bicyclic) bond motifs is 1. The van der Waals surface area contributed by atoms with E-state index in [-0.39, 0.29) is 23.5 Å². The molecule has 142 valence electrons. The number of benzene rings is 1. The molecule has 2 heterocycles. The minimum atomic E-state index is -3.02. The summed E-state index contributed by atoms with van der Waals surface area (Å²) < 4.78 is 23.8. The minimum Gasteiger partial charge on any atom is -0.361 e. The Labute approximate surface area is 155 Å². The summed E-state index contributed by atoms with van der Waals surface area (Å²) >= 11 is 0. The van der Waals surface area contributed by atoms with Crippen molar-refractivity contribution in [1.29, 1.82) is 0 Å². The molecule has 1 aromatic heterocycles. The number of aromatic amines is 1. The van der Waals surface area contributed by atoms with E-state index in [1.54, 1.807) is 4.90 Å². The number of carbonyl (C=O) groups excluding carboxylic acids is 1. The van der Waals surface area contributed by atoms with E-state index in [9.17, 15) is 13.2 Å². The van der Waals surface area contributed by atoms with Gasteiger partial charge in [-0.25, -0.2) is 8.42 Å². The predicted molar refractivity (Wildman–Crippen MR) is 104 cm³/mol. The first-order valence-corrected chi connectivity index (χ1v) is 10.9. The van der Waals surface area contributed by atoms with E-state index >= 15 is 0 Å². The molecule has 1 fully saturated rings. The SMILES string of the molecule is CN(C)CCCN(C(=O)Cc1c[nH]c2ccccc12)C1CCS(=O)(=O)C1. The Morgan fingerprint density at radius 2 is 2.00 bits per heavy atom. The second kappa shape index (κ2) is 7.80. The van der Waals surface area contributed by atoms with E-state index in [2.05, 4.69) is 9.88 Å². The van der Waals surface area contributed by atoms with Crippen LogP contribution in [0.3, 0.4) is 0 Å². The predicted octanol–water partition coefficient (Wildman–Crippen LogP) is 1.68. The normalized spacial score (nSPS) is 19.3. The monoisotopic (exact) mass is 377 g/mol. The van der Waals surface area contributed by atoms with Gasteiger partial charge >= 0.3 is 0 Å². The molecule has 1 atom stereocenters. The number of aromatic nitrogens is 1. The largest absolute Gasteiger partial charge is 0.361 e. The molecule has 1 saturated heterocycles. The molecule has 0 aliphatic carbocycles. The molecule has 1 aromatic carbocycles. The lowest BCUT2D eigenvalue weighted by molar-refractivity contribution is -0.132. The summed E-state index contributed by atoms with van der Waals surface area (Å²) in [5, 5.41) is 1.05. The highest BCUT2D eigenvalue weighted by Gasteiger charge is 2.34. The average molecular weight is 378 g/mol. The van der Waals surface area contributed by atoms with Crippen molar-refractivity contribution in [1.82, 2.24) is 14.8 Å². The van der Waals surface area contributed by atoms with Gasteiger partial charge in [-0.1, -0.05) is 18.2 Å². The Bertz CT molecular complexity index is 873. The standard InChI is InChI=1S/C19H27N3O3S/c1-21(2)9-5-10-22(16-8-11-26(24,25)14-16)19(23)12-15-13-20-18-7-4-3-6-17(15)18/h3-4,6-7,13,16,20H,5,8-12,14H2,1-2H3. The van der Waals surface area contributed by atoms with Crippen LogP contribution in [0.4, 0.5) is 0 Å². The summed E-state index contributed by atoms with van der Waals surface area (Å²) in [4.78, 5) is 20.1. The minimum absolute atomic E-state index is 0.00982. The van der Waals surface area contributed by atoms with Gasteiger partial charge in [0.15, 0.2) is 9.84 Å². The van der Waals surface area contributed by atoms with Crippen molar-refractivity contribution in [2.45, 2.75) is 25.3 Å². The van der Waals surface area contributed by atoms with Crippen molar-refractivity contribution in [3.05, 3.63) is 36.0 Å². The number of hydrogen-bond acceptors (Lipinski definition) is 4. The number of nitrogens with one attached hydrogen (secondary N) is 1. The second-order valence-electron chi connectivity index (χ2n) is 7.34. The molecule has 7 heteroatoms. The molecule has 6 nitrogen and oxygen atoms in total. The van der Waals surface area contributed by atoms with Crippen LogP contribution in [0.5, 0.6) is 0 Å². The first-order valence-electron chi connectivity index (χ1n) is 9.05. The molecule has 0 spiro atoms. The maximum absolute atomic E-state index is 13.0. The van der Waals surface area contributed by atoms with Crippen LogP contribution >= 0.6 is 0 Å². The summed E-state index contributed by atoms with van der Waals surface area (Å²) in [6, 6.07) is 7.72. The van der Waals surface area contributed by atoms with Gasteiger partial charge in [-0.2, -0.15) is 0 Å². The fraction of sp³-hybridized carbons (Fsp3) is 0.526. The van der Waals surface area contributed by atoms with Crippen molar-refractivity contribution in [3.8, 4) is 0 Å². The summed E-state index contributed by atoms with van der Waals surface area (Å²) in [6.07, 6.45) is 3.56. The number of sulfone groups is 1. The van der Waals surface area contributed by atoms with Gasteiger partial charge in [-0.3, -0.25) is 4.79 Å². The van der Waals surface area contributed by atoms with Gasteiger partial charge in [0.2, 0.25) is 5.91 Å². The molecule has 1 unspecified atom stereocenters. The topological polar surface area (TPSA) is 73.5 Å². The number of carbonyl (C=O) groups is 1. The smallest absolute Gasteiger partial charge is 0.227 e. The van der Waals surface area contributed by atoms with Gasteiger partial charge in [0.25, 0.3) is 0 Å². The molecular formula is C19H27N3O3S. The lowest BCUT2D eigenvalue weighted by Crippen LogP contribution is -2.43. The molecule has 1 N–H and O–H groups in total. The van der Waals surface area contributed by atoms with Crippen LogP contribution in [0.25, 0.3) is 10.9 Å². The summed E-state index contributed by atoms with van der Waals surface area (Å²) in [7, 11) is 0.974. The van der Waals surface area contributed by atoms with Gasteiger partial charge in [-0.05, 0) is 45.1 Å². The van der Waals surface area contributed by atoms with Crippen LogP contribution in [0.15, 0.2) is 30.5 Å². The van der Waals surface area contributed by atoms with Crippen molar-refractivity contribution in [2.75, 3.05) is 38.7 Å². The highest BCUT2D eigenvalue weighted by Crippen LogP contribution is 2.22. The number of rotatable bonds is 7. The third kappa shape index (κ3) is 4.45. The van der Waals surface area contributed by atoms with Gasteiger partial charge in [-0.15, -0.1) is 0 Å². The fourth-order valence-electron chi connectivity index (χ4n) is 3.63. The highest BCUT2D eigenvalue weighted by atomic mass is 32.2. The fourth-order valence-corrected chi connectivity index (χ4v) is 5.36. The third-order valence-corrected chi connectivity index (χ3v) is 6.74. The summed E-state index contributed by atoms with van der Waals surface area (Å²) in [5.74, 6) is 0.284. The lowest BCUT2D eigenvalue weighted by atomic mass is 10.1. The Kier molecular flexibility index (Phi) is 5.67. The number of nitrogens with zero attached hydrogens (tertiary/aromatic N) is 2. The van der Waals surface area contributed by atoms with Crippen molar-refractivity contribution in [2.24, 2.45) is 0 Å². The van der Waals surface area contributed by atoms with Crippen LogP contribution in [0, 0.1) is 0 Å². The van der Waals surface area contributed by atoms with E-state index in [0.29, 0.717) is 19.4 Å². The van der Waals surface area contributed by atoms with Crippen LogP contribution in [-0.4, -0.2) is 73.8 Å². The second-order valence-corrected chi connectivity index (χ2v) is 9.57. The van der Waals surface area contributed by atoms with Crippen molar-refractivity contribution >= 4 is 26.6 Å². The highest BCUT2D eigenvalue weighted by molar-refractivity contribution is 7.91. The zero-order valence-corrected chi connectivity index (χ0v) is 16.3. The Morgan fingerprint density at radius 3 is 2.69 bits per heavy atom. The zero-order chi connectivity index (χ0) is 18.7. The van der Waals surface area contributed by atoms with Crippen molar-refractivity contribution < 1.29 is 13.2 Å². The maximum Gasteiger partial charge on any atom is 0.227 e. The molecule has 3 rings (SSSR count). The average Bonchev–Trinajstić information content (AvgIpc) is 3.15. The summed E-state index contributed by atoms with van der Waals surface area (Å²) in [5.41, 5.74) is 1.97. The molecule has 1 aliphatic rings. The molecule has 0 bridgehead atoms. The van der Waals surface area contributed by atoms with E-state index < -0.39 is 9.84 Å². The quantitative estimate of drug-likeness (QED) is 0.797. The maximum atomic E-state index is 13.0. The van der Waals surface area contributed by atoms with E-state index in [1.165, 1.54) is 0 Å². The van der Waals surface area contributed by atoms with Gasteiger partial charge in [0, 0.05) is 29.7 Å². The molecule has 0 saturated carbocycles. The van der Waals surface area contributed by atoms with E-state index in [1.807, 2.05) is 44.6 Å². The van der Waals surface area contributed by atoms with Gasteiger partial charge < -0.3 is 14.8 Å². The van der Waals surface area contributed by atoms with E-state index in [0.717, 1.165) is 29.4 Å². The molecule has 0 radical (unpaired) electrons. The molecular weight excluding hydrogens is 350 g/mol. The Hall–Kier alpha value is -1.86. The number of H-pyrrole nitrogens is 1. The number of hydrogen-bond donors (Lipinski definition) is 1. The van der Waals surface area contributed by atoms with Crippen LogP contribution < -0.4 is 0 Å². The van der Waals surface area contributed by atoms with Crippen molar-refractivity contribution in [3.63, 3.8) is 0 Å². The van der Waals surface area contributed by atoms with Gasteiger partial charge in [0.1, 0.15) is 0 Å². The first kappa shape index (κ1) is 18.9. The number of para-hydroxylation sites is 1. The molecule has 1 aliphatic heterocycles. The Morgan fingerprint density at radius 1 is 1.23 bits per heavy atom. The third-order valence-electron chi connectivity index (χ3n) is 4.99. The molecule has 2 aromatic rings. The van der Waals surface area contributed by atoms with Gasteiger partial charge in [0.05, 0.1) is 17.9 Å². The number of amides is 1. The Balaban J connectivity index is 1.75.